The Morgan fingerprint density at radius 1 is 0.944 bits per heavy atom. The van der Waals surface area contributed by atoms with Gasteiger partial charge in [-0.2, -0.15) is 0 Å². The van der Waals surface area contributed by atoms with Crippen LogP contribution in [0.25, 0.3) is 0 Å². The minimum absolute atomic E-state index is 0.00457. The van der Waals surface area contributed by atoms with Crippen LogP contribution in [-0.4, -0.2) is 52.9 Å². The molecule has 36 heavy (non-hydrogen) atoms. The van der Waals surface area contributed by atoms with E-state index in [1.807, 2.05) is 66.7 Å². The fourth-order valence-corrected chi connectivity index (χ4v) is 4.82. The molecule has 2 aliphatic rings. The van der Waals surface area contributed by atoms with Gasteiger partial charge in [0.15, 0.2) is 6.29 Å². The molecule has 2 saturated heterocycles. The number of likely N-dealkylation sites (tertiary alicyclic amines) is 1. The molecule has 188 valence electrons. The normalized spacial score (nSPS) is 24.5. The summed E-state index contributed by atoms with van der Waals surface area (Å²) in [5.74, 6) is -0.159. The van der Waals surface area contributed by atoms with E-state index >= 15 is 0 Å². The van der Waals surface area contributed by atoms with Crippen molar-refractivity contribution in [1.29, 1.82) is 0 Å². The number of carbonyl (C=O) groups excluding carboxylic acids is 1. The molecule has 0 aliphatic carbocycles. The Kier molecular flexibility index (Phi) is 7.75. The maximum absolute atomic E-state index is 12.5. The van der Waals surface area contributed by atoms with Crippen LogP contribution in [0.4, 0.5) is 5.69 Å². The number of ether oxygens (including phenoxy) is 2. The molecule has 1 amide bonds. The van der Waals surface area contributed by atoms with Gasteiger partial charge in [-0.15, -0.1) is 0 Å². The van der Waals surface area contributed by atoms with Crippen molar-refractivity contribution < 1.29 is 24.5 Å². The van der Waals surface area contributed by atoms with E-state index in [0.717, 1.165) is 36.2 Å². The molecule has 4 atom stereocenters. The lowest BCUT2D eigenvalue weighted by molar-refractivity contribution is -0.252. The number of hydrogen-bond acceptors (Lipinski definition) is 6. The summed E-state index contributed by atoms with van der Waals surface area (Å²) >= 11 is 0. The molecule has 0 spiro atoms. The first kappa shape index (κ1) is 24.6. The molecule has 3 aromatic carbocycles. The van der Waals surface area contributed by atoms with E-state index in [9.17, 15) is 15.0 Å². The zero-order chi connectivity index (χ0) is 24.9. The van der Waals surface area contributed by atoms with Crippen molar-refractivity contribution in [2.75, 3.05) is 25.0 Å². The van der Waals surface area contributed by atoms with Gasteiger partial charge in [0, 0.05) is 42.9 Å². The number of rotatable bonds is 7. The standard InChI is InChI=1S/C29H32N2O5/c32-19-20-6-8-21(9-7-20)27-16-26(18-31-15-14-25(33)17-31)35-29(36-27)23-10-12-24(13-11-23)30-28(34)22-4-2-1-3-5-22/h1-13,25-27,29,32-33H,14-19H2,(H,30,34). The number of aliphatic hydroxyl groups is 2. The van der Waals surface area contributed by atoms with E-state index in [1.165, 1.54) is 0 Å². The Hall–Kier alpha value is -3.07. The first-order valence-corrected chi connectivity index (χ1v) is 12.4. The van der Waals surface area contributed by atoms with Crippen molar-refractivity contribution in [3.05, 3.63) is 101 Å². The lowest BCUT2D eigenvalue weighted by Gasteiger charge is -2.37. The summed E-state index contributed by atoms with van der Waals surface area (Å²) < 4.78 is 12.8. The number of β-amino-alcohol motifs (C(OH)–C–C–N with tert-alkyl or cyclic N) is 1. The molecule has 2 aliphatic heterocycles. The predicted molar refractivity (Wildman–Crippen MR) is 136 cm³/mol. The summed E-state index contributed by atoms with van der Waals surface area (Å²) in [6.45, 7) is 2.26. The predicted octanol–water partition coefficient (Wildman–Crippen LogP) is 4.04. The smallest absolute Gasteiger partial charge is 0.255 e. The Balaban J connectivity index is 1.31. The fraction of sp³-hybridized carbons (Fsp3) is 0.345. The average molecular weight is 489 g/mol. The summed E-state index contributed by atoms with van der Waals surface area (Å²) in [7, 11) is 0. The largest absolute Gasteiger partial charge is 0.392 e. The number of nitrogens with one attached hydrogen (secondary N) is 1. The summed E-state index contributed by atoms with van der Waals surface area (Å²) in [5, 5.41) is 22.3. The first-order chi connectivity index (χ1) is 17.6. The van der Waals surface area contributed by atoms with Gasteiger partial charge in [0.05, 0.1) is 24.9 Å². The van der Waals surface area contributed by atoms with Gasteiger partial charge in [-0.3, -0.25) is 9.69 Å². The zero-order valence-corrected chi connectivity index (χ0v) is 20.1. The van der Waals surface area contributed by atoms with Crippen LogP contribution in [0.3, 0.4) is 0 Å². The van der Waals surface area contributed by atoms with E-state index in [-0.39, 0.29) is 30.8 Å². The minimum Gasteiger partial charge on any atom is -0.392 e. The highest BCUT2D eigenvalue weighted by molar-refractivity contribution is 6.04. The van der Waals surface area contributed by atoms with Crippen LogP contribution in [-0.2, 0) is 16.1 Å². The molecule has 3 aromatic rings. The molecular weight excluding hydrogens is 456 g/mol. The number of anilines is 1. The Morgan fingerprint density at radius 3 is 2.33 bits per heavy atom. The lowest BCUT2D eigenvalue weighted by Crippen LogP contribution is -2.38. The molecule has 0 radical (unpaired) electrons. The van der Waals surface area contributed by atoms with E-state index in [0.29, 0.717) is 24.2 Å². The van der Waals surface area contributed by atoms with Crippen LogP contribution < -0.4 is 5.32 Å². The molecule has 0 aromatic heterocycles. The fourth-order valence-electron chi connectivity index (χ4n) is 4.82. The van der Waals surface area contributed by atoms with Gasteiger partial charge in [-0.25, -0.2) is 0 Å². The second kappa shape index (κ2) is 11.3. The molecular formula is C29H32N2O5. The zero-order valence-electron chi connectivity index (χ0n) is 20.1. The highest BCUT2D eigenvalue weighted by Crippen LogP contribution is 2.38. The lowest BCUT2D eigenvalue weighted by atomic mass is 9.99. The highest BCUT2D eigenvalue weighted by Gasteiger charge is 2.34. The van der Waals surface area contributed by atoms with Crippen LogP contribution in [0, 0.1) is 0 Å². The van der Waals surface area contributed by atoms with Gasteiger partial charge in [0.25, 0.3) is 5.91 Å². The topological polar surface area (TPSA) is 91.3 Å². The molecule has 2 heterocycles. The van der Waals surface area contributed by atoms with Crippen molar-refractivity contribution in [3.8, 4) is 0 Å². The van der Waals surface area contributed by atoms with Crippen molar-refractivity contribution >= 4 is 11.6 Å². The quantitative estimate of drug-likeness (QED) is 0.465. The number of amides is 1. The van der Waals surface area contributed by atoms with Crippen molar-refractivity contribution in [3.63, 3.8) is 0 Å². The van der Waals surface area contributed by atoms with Crippen LogP contribution in [0.15, 0.2) is 78.9 Å². The van der Waals surface area contributed by atoms with E-state index in [4.69, 9.17) is 9.47 Å². The molecule has 0 saturated carbocycles. The second-order valence-electron chi connectivity index (χ2n) is 9.49. The second-order valence-corrected chi connectivity index (χ2v) is 9.49. The van der Waals surface area contributed by atoms with Gasteiger partial charge < -0.3 is 25.0 Å². The molecule has 4 unspecified atom stereocenters. The third kappa shape index (κ3) is 6.00. The molecule has 7 heteroatoms. The Bertz CT molecular complexity index is 1140. The first-order valence-electron chi connectivity index (χ1n) is 12.4. The van der Waals surface area contributed by atoms with Gasteiger partial charge in [-0.1, -0.05) is 54.6 Å². The number of hydrogen-bond donors (Lipinski definition) is 3. The summed E-state index contributed by atoms with van der Waals surface area (Å²) in [6, 6.07) is 24.5. The summed E-state index contributed by atoms with van der Waals surface area (Å²) in [4.78, 5) is 14.7. The SMILES string of the molecule is O=C(Nc1ccc(C2OC(CN3CCC(O)C3)CC(c3ccc(CO)cc3)O2)cc1)c1ccccc1. The van der Waals surface area contributed by atoms with Crippen molar-refractivity contribution in [1.82, 2.24) is 4.90 Å². The summed E-state index contributed by atoms with van der Waals surface area (Å²) in [6.07, 6.45) is 0.432. The minimum atomic E-state index is -0.558. The van der Waals surface area contributed by atoms with Crippen LogP contribution >= 0.6 is 0 Å². The highest BCUT2D eigenvalue weighted by atomic mass is 16.7. The number of benzene rings is 3. The molecule has 2 fully saturated rings. The monoisotopic (exact) mass is 488 g/mol. The number of nitrogens with zero attached hydrogens (tertiary/aromatic N) is 1. The third-order valence-corrected chi connectivity index (χ3v) is 6.80. The van der Waals surface area contributed by atoms with Crippen LogP contribution in [0.5, 0.6) is 0 Å². The van der Waals surface area contributed by atoms with Gasteiger partial charge in [-0.05, 0) is 41.8 Å². The van der Waals surface area contributed by atoms with Gasteiger partial charge in [0.2, 0.25) is 0 Å². The van der Waals surface area contributed by atoms with Crippen molar-refractivity contribution in [2.24, 2.45) is 0 Å². The third-order valence-electron chi connectivity index (χ3n) is 6.80. The Labute approximate surface area is 211 Å². The van der Waals surface area contributed by atoms with Crippen LogP contribution in [0.2, 0.25) is 0 Å². The van der Waals surface area contributed by atoms with E-state index in [2.05, 4.69) is 10.2 Å². The average Bonchev–Trinajstić information content (AvgIpc) is 3.33. The maximum Gasteiger partial charge on any atom is 0.255 e. The van der Waals surface area contributed by atoms with Gasteiger partial charge >= 0.3 is 0 Å². The van der Waals surface area contributed by atoms with Crippen LogP contribution in [0.1, 0.15) is 52.3 Å². The van der Waals surface area contributed by atoms with Gasteiger partial charge in [0.1, 0.15) is 0 Å². The van der Waals surface area contributed by atoms with Crippen molar-refractivity contribution in [2.45, 2.75) is 44.1 Å². The van der Waals surface area contributed by atoms with E-state index in [1.54, 1.807) is 12.1 Å². The Morgan fingerprint density at radius 2 is 1.67 bits per heavy atom. The van der Waals surface area contributed by atoms with E-state index < -0.39 is 6.29 Å². The molecule has 7 nitrogen and oxygen atoms in total. The molecule has 5 rings (SSSR count). The molecule has 3 N–H and O–H groups in total. The maximum atomic E-state index is 12.5. The number of carbonyl (C=O) groups is 1. The summed E-state index contributed by atoms with van der Waals surface area (Å²) in [5.41, 5.74) is 4.07. The molecule has 0 bridgehead atoms. The number of aliphatic hydroxyl groups excluding tert-OH is 2.